The van der Waals surface area contributed by atoms with Crippen LogP contribution in [0.2, 0.25) is 0 Å². The molecule has 94 valence electrons. The van der Waals surface area contributed by atoms with Gasteiger partial charge in [-0.1, -0.05) is 6.92 Å². The summed E-state index contributed by atoms with van der Waals surface area (Å²) in [5.41, 5.74) is 5.55. The van der Waals surface area contributed by atoms with Gasteiger partial charge in [-0.15, -0.1) is 0 Å². The molecule has 3 nitrogen and oxygen atoms in total. The van der Waals surface area contributed by atoms with E-state index in [1.54, 1.807) is 0 Å². The molecule has 0 bridgehead atoms. The molecule has 1 aliphatic carbocycles. The zero-order valence-electron chi connectivity index (χ0n) is 10.7. The number of nitrogens with zero attached hydrogens (tertiary/aromatic N) is 2. The van der Waals surface area contributed by atoms with Crippen molar-refractivity contribution in [3.05, 3.63) is 0 Å². The second-order valence-corrected chi connectivity index (χ2v) is 5.60. The minimum atomic E-state index is 0.816. The topological polar surface area (TPSA) is 32.5 Å². The maximum atomic E-state index is 5.55. The summed E-state index contributed by atoms with van der Waals surface area (Å²) in [7, 11) is 0. The Bertz CT molecular complexity index is 195. The van der Waals surface area contributed by atoms with E-state index < -0.39 is 0 Å². The SMILES string of the molecule is CC(CCCN)CN1CCN(C2CC2)CC1. The van der Waals surface area contributed by atoms with Crippen LogP contribution in [0.4, 0.5) is 0 Å². The van der Waals surface area contributed by atoms with E-state index in [1.165, 1.54) is 58.4 Å². The van der Waals surface area contributed by atoms with Gasteiger partial charge in [0.05, 0.1) is 0 Å². The van der Waals surface area contributed by atoms with Crippen molar-refractivity contribution in [2.24, 2.45) is 11.7 Å². The molecule has 1 unspecified atom stereocenters. The average Bonchev–Trinajstić information content (AvgIpc) is 3.11. The molecule has 0 aromatic carbocycles. The lowest BCUT2D eigenvalue weighted by Gasteiger charge is -2.36. The maximum Gasteiger partial charge on any atom is 0.0113 e. The summed E-state index contributed by atoms with van der Waals surface area (Å²) < 4.78 is 0. The largest absolute Gasteiger partial charge is 0.330 e. The standard InChI is InChI=1S/C13H27N3/c1-12(3-2-6-14)11-15-7-9-16(10-8-15)13-4-5-13/h12-13H,2-11,14H2,1H3. The lowest BCUT2D eigenvalue weighted by molar-refractivity contribution is 0.113. The Hall–Kier alpha value is -0.120. The molecule has 16 heavy (non-hydrogen) atoms. The molecule has 1 saturated carbocycles. The lowest BCUT2D eigenvalue weighted by atomic mass is 10.0. The lowest BCUT2D eigenvalue weighted by Crippen LogP contribution is -2.48. The molecular weight excluding hydrogens is 198 g/mol. The molecule has 1 saturated heterocycles. The van der Waals surface area contributed by atoms with Crippen molar-refractivity contribution in [3.63, 3.8) is 0 Å². The Kier molecular flexibility index (Phi) is 4.62. The van der Waals surface area contributed by atoms with Gasteiger partial charge >= 0.3 is 0 Å². The molecule has 2 rings (SSSR count). The van der Waals surface area contributed by atoms with Crippen LogP contribution < -0.4 is 5.73 Å². The minimum Gasteiger partial charge on any atom is -0.330 e. The highest BCUT2D eigenvalue weighted by Crippen LogP contribution is 2.27. The third-order valence-electron chi connectivity index (χ3n) is 3.94. The van der Waals surface area contributed by atoms with Gasteiger partial charge in [-0.25, -0.2) is 0 Å². The number of hydrogen-bond donors (Lipinski definition) is 1. The molecule has 2 N–H and O–H groups in total. The summed E-state index contributed by atoms with van der Waals surface area (Å²) in [6.45, 7) is 9.65. The Morgan fingerprint density at radius 2 is 1.88 bits per heavy atom. The van der Waals surface area contributed by atoms with Gasteiger partial charge in [0.2, 0.25) is 0 Å². The molecule has 0 radical (unpaired) electrons. The highest BCUT2D eigenvalue weighted by molar-refractivity contribution is 4.87. The summed E-state index contributed by atoms with van der Waals surface area (Å²) in [6.07, 6.45) is 5.38. The van der Waals surface area contributed by atoms with Crippen LogP contribution in [0.25, 0.3) is 0 Å². The van der Waals surface area contributed by atoms with Gasteiger partial charge in [0.1, 0.15) is 0 Å². The molecule has 3 heteroatoms. The van der Waals surface area contributed by atoms with Crippen LogP contribution >= 0.6 is 0 Å². The molecule has 1 heterocycles. The summed E-state index contributed by atoms with van der Waals surface area (Å²) in [4.78, 5) is 5.32. The first-order valence-corrected chi connectivity index (χ1v) is 6.96. The van der Waals surface area contributed by atoms with Gasteiger partial charge in [0.25, 0.3) is 0 Å². The fourth-order valence-corrected chi connectivity index (χ4v) is 2.75. The van der Waals surface area contributed by atoms with Gasteiger partial charge in [-0.2, -0.15) is 0 Å². The van der Waals surface area contributed by atoms with Gasteiger partial charge in [-0.05, 0) is 38.1 Å². The second-order valence-electron chi connectivity index (χ2n) is 5.60. The van der Waals surface area contributed by atoms with E-state index in [4.69, 9.17) is 5.73 Å². The normalized spacial score (nSPS) is 25.9. The van der Waals surface area contributed by atoms with Gasteiger partial charge in [0, 0.05) is 38.8 Å². The van der Waals surface area contributed by atoms with E-state index >= 15 is 0 Å². The van der Waals surface area contributed by atoms with Crippen LogP contribution in [0.1, 0.15) is 32.6 Å². The Labute approximate surface area is 100.0 Å². The van der Waals surface area contributed by atoms with Crippen LogP contribution in [-0.4, -0.2) is 55.1 Å². The van der Waals surface area contributed by atoms with Crippen molar-refractivity contribution in [2.75, 3.05) is 39.3 Å². The van der Waals surface area contributed by atoms with Crippen LogP contribution in [0.3, 0.4) is 0 Å². The summed E-state index contributed by atoms with van der Waals surface area (Å²) in [6, 6.07) is 0.955. The predicted molar refractivity (Wildman–Crippen MR) is 68.5 cm³/mol. The molecule has 1 aliphatic heterocycles. The zero-order chi connectivity index (χ0) is 11.4. The molecule has 2 aliphatic rings. The van der Waals surface area contributed by atoms with Crippen molar-refractivity contribution in [1.82, 2.24) is 9.80 Å². The summed E-state index contributed by atoms with van der Waals surface area (Å²) in [5, 5.41) is 0. The van der Waals surface area contributed by atoms with Gasteiger partial charge < -0.3 is 10.6 Å². The quantitative estimate of drug-likeness (QED) is 0.736. The first-order chi connectivity index (χ1) is 7.79. The van der Waals surface area contributed by atoms with Crippen molar-refractivity contribution in [3.8, 4) is 0 Å². The number of rotatable bonds is 6. The van der Waals surface area contributed by atoms with Crippen LogP contribution in [-0.2, 0) is 0 Å². The molecule has 0 aromatic rings. The number of hydrogen-bond acceptors (Lipinski definition) is 3. The van der Waals surface area contributed by atoms with Crippen LogP contribution in [0.15, 0.2) is 0 Å². The molecule has 1 atom stereocenters. The number of nitrogens with two attached hydrogens (primary N) is 1. The van der Waals surface area contributed by atoms with Crippen molar-refractivity contribution in [2.45, 2.75) is 38.6 Å². The molecular formula is C13H27N3. The number of piperazine rings is 1. The van der Waals surface area contributed by atoms with E-state index in [-0.39, 0.29) is 0 Å². The molecule has 0 aromatic heterocycles. The maximum absolute atomic E-state index is 5.55. The Balaban J connectivity index is 1.60. The van der Waals surface area contributed by atoms with E-state index in [0.717, 1.165) is 18.5 Å². The third kappa shape index (κ3) is 3.72. The monoisotopic (exact) mass is 225 g/mol. The minimum absolute atomic E-state index is 0.816. The fraction of sp³-hybridized carbons (Fsp3) is 1.00. The van der Waals surface area contributed by atoms with Crippen LogP contribution in [0.5, 0.6) is 0 Å². The van der Waals surface area contributed by atoms with Gasteiger partial charge in [-0.3, -0.25) is 4.90 Å². The summed E-state index contributed by atoms with van der Waals surface area (Å²) in [5.74, 6) is 0.816. The van der Waals surface area contributed by atoms with Gasteiger partial charge in [0.15, 0.2) is 0 Å². The average molecular weight is 225 g/mol. The van der Waals surface area contributed by atoms with E-state index in [2.05, 4.69) is 16.7 Å². The first-order valence-electron chi connectivity index (χ1n) is 6.96. The van der Waals surface area contributed by atoms with Crippen molar-refractivity contribution >= 4 is 0 Å². The van der Waals surface area contributed by atoms with Crippen molar-refractivity contribution in [1.29, 1.82) is 0 Å². The van der Waals surface area contributed by atoms with Crippen LogP contribution in [0, 0.1) is 5.92 Å². The van der Waals surface area contributed by atoms with E-state index in [9.17, 15) is 0 Å². The fourth-order valence-electron chi connectivity index (χ4n) is 2.75. The predicted octanol–water partition coefficient (Wildman–Crippen LogP) is 1.14. The molecule has 2 fully saturated rings. The highest BCUT2D eigenvalue weighted by atomic mass is 15.3. The van der Waals surface area contributed by atoms with Crippen molar-refractivity contribution < 1.29 is 0 Å². The Morgan fingerprint density at radius 1 is 1.19 bits per heavy atom. The second kappa shape index (κ2) is 5.99. The molecule has 0 amide bonds. The van der Waals surface area contributed by atoms with E-state index in [1.807, 2.05) is 0 Å². The highest BCUT2D eigenvalue weighted by Gasteiger charge is 2.31. The van der Waals surface area contributed by atoms with E-state index in [0.29, 0.717) is 0 Å². The Morgan fingerprint density at radius 3 is 2.44 bits per heavy atom. The smallest absolute Gasteiger partial charge is 0.0113 e. The summed E-state index contributed by atoms with van der Waals surface area (Å²) >= 11 is 0. The third-order valence-corrected chi connectivity index (χ3v) is 3.94. The molecule has 0 spiro atoms. The zero-order valence-corrected chi connectivity index (χ0v) is 10.7. The first kappa shape index (κ1) is 12.3.